The van der Waals surface area contributed by atoms with Crippen LogP contribution in [0.4, 0.5) is 5.69 Å². The zero-order valence-electron chi connectivity index (χ0n) is 15.2. The molecule has 1 amide bonds. The van der Waals surface area contributed by atoms with Crippen LogP contribution in [0.25, 0.3) is 10.8 Å². The van der Waals surface area contributed by atoms with Gasteiger partial charge in [0.1, 0.15) is 5.75 Å². The molecule has 26 heavy (non-hydrogen) atoms. The van der Waals surface area contributed by atoms with E-state index in [0.29, 0.717) is 17.9 Å². The standard InChI is InChI=1S/C23H25NO2/c1-2-3-4-9-17-26-22-16-8-7-14-20(22)23(25)24-21-15-10-12-18-11-5-6-13-19(18)21/h5-8,10-16H,2-4,9,17H2,1H3,(H,24,25). The van der Waals surface area contributed by atoms with Crippen molar-refractivity contribution in [3.63, 3.8) is 0 Å². The highest BCUT2D eigenvalue weighted by Gasteiger charge is 2.13. The molecule has 0 aliphatic heterocycles. The second-order valence-electron chi connectivity index (χ2n) is 6.39. The van der Waals surface area contributed by atoms with Crippen LogP contribution >= 0.6 is 0 Å². The maximum absolute atomic E-state index is 12.8. The fourth-order valence-corrected chi connectivity index (χ4v) is 3.02. The van der Waals surface area contributed by atoms with Crippen molar-refractivity contribution in [3.05, 3.63) is 72.3 Å². The predicted molar refractivity (Wildman–Crippen MR) is 108 cm³/mol. The smallest absolute Gasteiger partial charge is 0.259 e. The van der Waals surface area contributed by atoms with Gasteiger partial charge < -0.3 is 10.1 Å². The molecule has 0 unspecified atom stereocenters. The molecule has 0 aliphatic carbocycles. The molecule has 3 aromatic rings. The van der Waals surface area contributed by atoms with Crippen molar-refractivity contribution < 1.29 is 9.53 Å². The molecule has 0 fully saturated rings. The highest BCUT2D eigenvalue weighted by molar-refractivity contribution is 6.10. The van der Waals surface area contributed by atoms with Gasteiger partial charge in [0, 0.05) is 11.1 Å². The summed E-state index contributed by atoms with van der Waals surface area (Å²) in [6.45, 7) is 2.83. The van der Waals surface area contributed by atoms with Gasteiger partial charge in [0.15, 0.2) is 0 Å². The van der Waals surface area contributed by atoms with Gasteiger partial charge in [-0.1, -0.05) is 74.7 Å². The van der Waals surface area contributed by atoms with Crippen LogP contribution in [0.2, 0.25) is 0 Å². The Kier molecular flexibility index (Phi) is 6.26. The van der Waals surface area contributed by atoms with Gasteiger partial charge >= 0.3 is 0 Å². The van der Waals surface area contributed by atoms with E-state index in [1.807, 2.05) is 66.7 Å². The SMILES string of the molecule is CCCCCCOc1ccccc1C(=O)Nc1cccc2ccccc12. The number of unbranched alkanes of at least 4 members (excludes halogenated alkanes) is 3. The highest BCUT2D eigenvalue weighted by atomic mass is 16.5. The average molecular weight is 347 g/mol. The van der Waals surface area contributed by atoms with Gasteiger partial charge in [-0.25, -0.2) is 0 Å². The first-order valence-electron chi connectivity index (χ1n) is 9.30. The highest BCUT2D eigenvalue weighted by Crippen LogP contribution is 2.25. The van der Waals surface area contributed by atoms with Crippen LogP contribution in [0.5, 0.6) is 5.75 Å². The van der Waals surface area contributed by atoms with Crippen LogP contribution in [-0.2, 0) is 0 Å². The van der Waals surface area contributed by atoms with Crippen LogP contribution in [0.15, 0.2) is 66.7 Å². The molecular weight excluding hydrogens is 322 g/mol. The Morgan fingerprint density at radius 2 is 1.65 bits per heavy atom. The number of ether oxygens (including phenoxy) is 1. The van der Waals surface area contributed by atoms with Crippen molar-refractivity contribution >= 4 is 22.4 Å². The lowest BCUT2D eigenvalue weighted by molar-refractivity contribution is 0.102. The van der Waals surface area contributed by atoms with E-state index >= 15 is 0 Å². The molecule has 0 radical (unpaired) electrons. The summed E-state index contributed by atoms with van der Waals surface area (Å²) in [6.07, 6.45) is 4.57. The maximum Gasteiger partial charge on any atom is 0.259 e. The Hall–Kier alpha value is -2.81. The van der Waals surface area contributed by atoms with Crippen molar-refractivity contribution in [3.8, 4) is 5.75 Å². The third kappa shape index (κ3) is 4.42. The van der Waals surface area contributed by atoms with E-state index in [9.17, 15) is 4.79 Å². The van der Waals surface area contributed by atoms with Crippen LogP contribution in [-0.4, -0.2) is 12.5 Å². The lowest BCUT2D eigenvalue weighted by atomic mass is 10.1. The van der Waals surface area contributed by atoms with Crippen LogP contribution < -0.4 is 10.1 Å². The summed E-state index contributed by atoms with van der Waals surface area (Å²) >= 11 is 0. The van der Waals surface area contributed by atoms with E-state index in [0.717, 1.165) is 29.3 Å². The molecule has 0 heterocycles. The lowest BCUT2D eigenvalue weighted by Crippen LogP contribution is -2.14. The Morgan fingerprint density at radius 3 is 2.54 bits per heavy atom. The molecule has 3 aromatic carbocycles. The Balaban J connectivity index is 1.73. The van der Waals surface area contributed by atoms with E-state index < -0.39 is 0 Å². The number of amides is 1. The fraction of sp³-hybridized carbons (Fsp3) is 0.261. The number of anilines is 1. The van der Waals surface area contributed by atoms with Crippen molar-refractivity contribution in [2.75, 3.05) is 11.9 Å². The van der Waals surface area contributed by atoms with Crippen LogP contribution in [0, 0.1) is 0 Å². The van der Waals surface area contributed by atoms with Crippen LogP contribution in [0.3, 0.4) is 0 Å². The number of hydrogen-bond donors (Lipinski definition) is 1. The minimum atomic E-state index is -0.148. The second-order valence-corrected chi connectivity index (χ2v) is 6.39. The summed E-state index contributed by atoms with van der Waals surface area (Å²) in [5.41, 5.74) is 1.38. The zero-order valence-corrected chi connectivity index (χ0v) is 15.2. The van der Waals surface area contributed by atoms with Gasteiger partial charge in [0.25, 0.3) is 5.91 Å². The van der Waals surface area contributed by atoms with Gasteiger partial charge in [-0.2, -0.15) is 0 Å². The monoisotopic (exact) mass is 347 g/mol. The molecule has 0 bridgehead atoms. The first kappa shape index (κ1) is 18.0. The molecule has 3 nitrogen and oxygen atoms in total. The summed E-state index contributed by atoms with van der Waals surface area (Å²) in [5.74, 6) is 0.493. The molecule has 0 atom stereocenters. The lowest BCUT2D eigenvalue weighted by Gasteiger charge is -2.13. The zero-order chi connectivity index (χ0) is 18.2. The number of para-hydroxylation sites is 1. The molecular formula is C23H25NO2. The second kappa shape index (κ2) is 9.04. The summed E-state index contributed by atoms with van der Waals surface area (Å²) < 4.78 is 5.87. The van der Waals surface area contributed by atoms with Crippen molar-refractivity contribution in [2.45, 2.75) is 32.6 Å². The summed E-state index contributed by atoms with van der Waals surface area (Å²) in [7, 11) is 0. The number of hydrogen-bond acceptors (Lipinski definition) is 2. The minimum Gasteiger partial charge on any atom is -0.493 e. The van der Waals surface area contributed by atoms with E-state index in [1.54, 1.807) is 0 Å². The number of nitrogens with one attached hydrogen (secondary N) is 1. The van der Waals surface area contributed by atoms with Crippen molar-refractivity contribution in [2.24, 2.45) is 0 Å². The Bertz CT molecular complexity index is 867. The Labute approximate surface area is 155 Å². The number of carbonyl (C=O) groups is 1. The van der Waals surface area contributed by atoms with Gasteiger partial charge in [0.2, 0.25) is 0 Å². The Morgan fingerprint density at radius 1 is 0.885 bits per heavy atom. The van der Waals surface area contributed by atoms with Crippen molar-refractivity contribution in [1.29, 1.82) is 0 Å². The summed E-state index contributed by atoms with van der Waals surface area (Å²) in [4.78, 5) is 12.8. The first-order valence-corrected chi connectivity index (χ1v) is 9.30. The molecule has 3 heteroatoms. The molecule has 0 saturated heterocycles. The molecule has 0 spiro atoms. The maximum atomic E-state index is 12.8. The van der Waals surface area contributed by atoms with Gasteiger partial charge in [-0.3, -0.25) is 4.79 Å². The van der Waals surface area contributed by atoms with E-state index in [1.165, 1.54) is 12.8 Å². The van der Waals surface area contributed by atoms with Crippen molar-refractivity contribution in [1.82, 2.24) is 0 Å². The molecule has 3 rings (SSSR count). The molecule has 0 aliphatic rings. The van der Waals surface area contributed by atoms with Gasteiger partial charge in [-0.15, -0.1) is 0 Å². The quantitative estimate of drug-likeness (QED) is 0.504. The fourth-order valence-electron chi connectivity index (χ4n) is 3.02. The third-order valence-corrected chi connectivity index (χ3v) is 4.42. The number of rotatable bonds is 8. The first-order chi connectivity index (χ1) is 12.8. The van der Waals surface area contributed by atoms with Gasteiger partial charge in [-0.05, 0) is 30.0 Å². The molecule has 1 N–H and O–H groups in total. The largest absolute Gasteiger partial charge is 0.493 e. The summed E-state index contributed by atoms with van der Waals surface area (Å²) in [6, 6.07) is 21.4. The van der Waals surface area contributed by atoms with Crippen LogP contribution in [0.1, 0.15) is 43.0 Å². The van der Waals surface area contributed by atoms with E-state index in [4.69, 9.17) is 4.74 Å². The minimum absolute atomic E-state index is 0.148. The average Bonchev–Trinajstić information content (AvgIpc) is 2.68. The van der Waals surface area contributed by atoms with E-state index in [-0.39, 0.29) is 5.91 Å². The number of benzene rings is 3. The number of carbonyl (C=O) groups excluding carboxylic acids is 1. The molecule has 0 saturated carbocycles. The molecule has 0 aromatic heterocycles. The topological polar surface area (TPSA) is 38.3 Å². The van der Waals surface area contributed by atoms with E-state index in [2.05, 4.69) is 12.2 Å². The molecule has 134 valence electrons. The number of fused-ring (bicyclic) bond motifs is 1. The van der Waals surface area contributed by atoms with Gasteiger partial charge in [0.05, 0.1) is 12.2 Å². The third-order valence-electron chi connectivity index (χ3n) is 4.42. The summed E-state index contributed by atoms with van der Waals surface area (Å²) in [5, 5.41) is 5.16. The normalized spacial score (nSPS) is 10.7. The predicted octanol–water partition coefficient (Wildman–Crippen LogP) is 6.05.